The first-order valence-corrected chi connectivity index (χ1v) is 9.89. The molecule has 9 heteroatoms. The summed E-state index contributed by atoms with van der Waals surface area (Å²) in [6.07, 6.45) is 1.16. The number of aliphatic imine (C=N–C) groups is 1. The quantitative estimate of drug-likeness (QED) is 0.261. The number of hydrogen-bond acceptors (Lipinski definition) is 4. The molecular weight excluding hydrogens is 484 g/mol. The largest absolute Gasteiger partial charge is 0.492 e. The van der Waals surface area contributed by atoms with E-state index in [9.17, 15) is 12.8 Å². The highest BCUT2D eigenvalue weighted by Gasteiger charge is 2.06. The maximum absolute atomic E-state index is 12.9. The molecule has 0 fully saturated rings. The number of benzene rings is 2. The molecule has 0 aliphatic rings. The molecule has 2 N–H and O–H groups in total. The number of ether oxygens (including phenoxy) is 1. The van der Waals surface area contributed by atoms with Crippen LogP contribution < -0.4 is 15.4 Å². The summed E-state index contributed by atoms with van der Waals surface area (Å²) < 4.78 is 41.2. The molecule has 0 aromatic heterocycles. The Morgan fingerprint density at radius 3 is 2.26 bits per heavy atom. The number of sulfone groups is 1. The number of guanidine groups is 1. The van der Waals surface area contributed by atoms with Crippen molar-refractivity contribution in [2.75, 3.05) is 26.5 Å². The van der Waals surface area contributed by atoms with E-state index < -0.39 is 9.84 Å². The van der Waals surface area contributed by atoms with Crippen molar-refractivity contribution in [2.45, 2.75) is 11.4 Å². The summed E-state index contributed by atoms with van der Waals surface area (Å²) in [5.41, 5.74) is 0.941. The lowest BCUT2D eigenvalue weighted by Crippen LogP contribution is -2.38. The van der Waals surface area contributed by atoms with Gasteiger partial charge in [0.25, 0.3) is 0 Å². The Morgan fingerprint density at radius 2 is 1.70 bits per heavy atom. The van der Waals surface area contributed by atoms with Gasteiger partial charge < -0.3 is 15.4 Å². The van der Waals surface area contributed by atoms with Gasteiger partial charge >= 0.3 is 0 Å². The summed E-state index contributed by atoms with van der Waals surface area (Å²) in [5.74, 6) is 0.928. The summed E-state index contributed by atoms with van der Waals surface area (Å²) in [4.78, 5) is 4.36. The van der Waals surface area contributed by atoms with E-state index in [-0.39, 0.29) is 34.7 Å². The first-order valence-electron chi connectivity index (χ1n) is 8.00. The van der Waals surface area contributed by atoms with Gasteiger partial charge in [-0.1, -0.05) is 12.1 Å². The summed E-state index contributed by atoms with van der Waals surface area (Å²) in [7, 11) is -1.55. The van der Waals surface area contributed by atoms with Crippen molar-refractivity contribution in [1.82, 2.24) is 10.6 Å². The molecule has 27 heavy (non-hydrogen) atoms. The topological polar surface area (TPSA) is 79.8 Å². The van der Waals surface area contributed by atoms with Gasteiger partial charge in [-0.2, -0.15) is 0 Å². The molecule has 0 spiro atoms. The van der Waals surface area contributed by atoms with Crippen LogP contribution in [0.5, 0.6) is 5.75 Å². The van der Waals surface area contributed by atoms with E-state index in [2.05, 4.69) is 15.6 Å². The number of rotatable bonds is 7. The van der Waals surface area contributed by atoms with Crippen LogP contribution in [0.25, 0.3) is 0 Å². The van der Waals surface area contributed by atoms with E-state index in [0.29, 0.717) is 31.4 Å². The second-order valence-corrected chi connectivity index (χ2v) is 7.59. The Kier molecular flexibility index (Phi) is 9.50. The van der Waals surface area contributed by atoms with E-state index in [1.807, 2.05) is 0 Å². The fraction of sp³-hybridized carbons (Fsp3) is 0.278. The number of nitrogens with one attached hydrogen (secondary N) is 2. The number of halogens is 2. The highest BCUT2D eigenvalue weighted by Crippen LogP contribution is 2.15. The van der Waals surface area contributed by atoms with Gasteiger partial charge in [-0.3, -0.25) is 4.99 Å². The first-order chi connectivity index (χ1) is 12.4. The number of nitrogens with zero attached hydrogens (tertiary/aromatic N) is 1. The van der Waals surface area contributed by atoms with Crippen molar-refractivity contribution < 1.29 is 17.5 Å². The van der Waals surface area contributed by atoms with Gasteiger partial charge in [-0.15, -0.1) is 24.0 Å². The van der Waals surface area contributed by atoms with Gasteiger partial charge in [0.2, 0.25) is 0 Å². The Labute approximate surface area is 176 Å². The molecule has 0 amide bonds. The molecule has 0 aliphatic carbocycles. The molecule has 6 nitrogen and oxygen atoms in total. The molecular formula is C18H23FIN3O3S. The van der Waals surface area contributed by atoms with Crippen LogP contribution in [0, 0.1) is 5.82 Å². The third-order valence-electron chi connectivity index (χ3n) is 3.51. The molecule has 0 saturated carbocycles. The van der Waals surface area contributed by atoms with Crippen molar-refractivity contribution >= 4 is 39.8 Å². The SMILES string of the molecule is CN=C(NCCOc1ccc(S(C)(=O)=O)cc1)NCc1ccc(F)cc1.I. The van der Waals surface area contributed by atoms with Crippen LogP contribution in [-0.2, 0) is 16.4 Å². The number of hydrogen-bond donors (Lipinski definition) is 2. The zero-order valence-corrected chi connectivity index (χ0v) is 18.3. The average Bonchev–Trinajstić information content (AvgIpc) is 2.62. The van der Waals surface area contributed by atoms with Gasteiger partial charge in [0, 0.05) is 19.8 Å². The first kappa shape index (κ1) is 23.2. The Balaban J connectivity index is 0.00000364. The molecule has 0 atom stereocenters. The smallest absolute Gasteiger partial charge is 0.191 e. The van der Waals surface area contributed by atoms with Crippen LogP contribution in [0.4, 0.5) is 4.39 Å². The summed E-state index contributed by atoms with van der Waals surface area (Å²) in [5, 5.41) is 6.22. The van der Waals surface area contributed by atoms with Crippen molar-refractivity contribution in [1.29, 1.82) is 0 Å². The molecule has 2 rings (SSSR count). The van der Waals surface area contributed by atoms with Gasteiger partial charge in [0.1, 0.15) is 18.2 Å². The standard InChI is InChI=1S/C18H22FN3O3S.HI/c1-20-18(22-13-14-3-5-15(19)6-4-14)21-11-12-25-16-7-9-17(10-8-16)26(2,23)24;/h3-10H,11-13H2,1-2H3,(H2,20,21,22);1H. The average molecular weight is 507 g/mol. The van der Waals surface area contributed by atoms with Gasteiger partial charge in [-0.05, 0) is 42.0 Å². The van der Waals surface area contributed by atoms with Crippen LogP contribution in [0.1, 0.15) is 5.56 Å². The van der Waals surface area contributed by atoms with Crippen LogP contribution >= 0.6 is 24.0 Å². The Morgan fingerprint density at radius 1 is 1.07 bits per heavy atom. The Hall–Kier alpha value is -1.88. The molecule has 2 aromatic carbocycles. The summed E-state index contributed by atoms with van der Waals surface area (Å²) in [6, 6.07) is 12.5. The van der Waals surface area contributed by atoms with Gasteiger partial charge in [0.15, 0.2) is 15.8 Å². The highest BCUT2D eigenvalue weighted by atomic mass is 127. The van der Waals surface area contributed by atoms with Crippen LogP contribution in [-0.4, -0.2) is 40.8 Å². The molecule has 0 radical (unpaired) electrons. The Bertz CT molecular complexity index is 841. The van der Waals surface area contributed by atoms with Crippen molar-refractivity contribution in [3.63, 3.8) is 0 Å². The van der Waals surface area contributed by atoms with E-state index >= 15 is 0 Å². The molecule has 2 aromatic rings. The third-order valence-corrected chi connectivity index (χ3v) is 4.64. The van der Waals surface area contributed by atoms with Gasteiger partial charge in [0.05, 0.1) is 11.4 Å². The van der Waals surface area contributed by atoms with E-state index in [1.165, 1.54) is 24.3 Å². The predicted octanol–water partition coefficient (Wildman–Crippen LogP) is 2.59. The molecule has 0 unspecified atom stereocenters. The third kappa shape index (κ3) is 8.12. The second-order valence-electron chi connectivity index (χ2n) is 5.57. The fourth-order valence-electron chi connectivity index (χ4n) is 2.13. The van der Waals surface area contributed by atoms with E-state index in [1.54, 1.807) is 31.3 Å². The zero-order valence-electron chi connectivity index (χ0n) is 15.1. The van der Waals surface area contributed by atoms with Crippen LogP contribution in [0.2, 0.25) is 0 Å². The van der Waals surface area contributed by atoms with Crippen molar-refractivity contribution in [2.24, 2.45) is 4.99 Å². The lowest BCUT2D eigenvalue weighted by atomic mass is 10.2. The molecule has 0 saturated heterocycles. The fourth-order valence-corrected chi connectivity index (χ4v) is 2.76. The van der Waals surface area contributed by atoms with Crippen LogP contribution in [0.15, 0.2) is 58.4 Å². The van der Waals surface area contributed by atoms with E-state index in [0.717, 1.165) is 11.8 Å². The normalized spacial score (nSPS) is 11.4. The lowest BCUT2D eigenvalue weighted by Gasteiger charge is -2.12. The van der Waals surface area contributed by atoms with Crippen molar-refractivity contribution in [3.05, 3.63) is 59.9 Å². The maximum atomic E-state index is 12.9. The van der Waals surface area contributed by atoms with Gasteiger partial charge in [-0.25, -0.2) is 12.8 Å². The summed E-state index contributed by atoms with van der Waals surface area (Å²) >= 11 is 0. The van der Waals surface area contributed by atoms with Crippen molar-refractivity contribution in [3.8, 4) is 5.75 Å². The zero-order chi connectivity index (χ0) is 19.0. The molecule has 148 valence electrons. The highest BCUT2D eigenvalue weighted by molar-refractivity contribution is 14.0. The predicted molar refractivity (Wildman–Crippen MR) is 115 cm³/mol. The monoisotopic (exact) mass is 507 g/mol. The summed E-state index contributed by atoms with van der Waals surface area (Å²) in [6.45, 7) is 1.42. The lowest BCUT2D eigenvalue weighted by molar-refractivity contribution is 0.321. The minimum atomic E-state index is -3.20. The molecule has 0 aliphatic heterocycles. The van der Waals surface area contributed by atoms with E-state index in [4.69, 9.17) is 4.74 Å². The second kappa shape index (κ2) is 11.1. The minimum Gasteiger partial charge on any atom is -0.492 e. The minimum absolute atomic E-state index is 0. The molecule has 0 bridgehead atoms. The molecule has 0 heterocycles. The van der Waals surface area contributed by atoms with Crippen LogP contribution in [0.3, 0.4) is 0 Å². The maximum Gasteiger partial charge on any atom is 0.191 e.